The summed E-state index contributed by atoms with van der Waals surface area (Å²) in [6.45, 7) is 8.50. The Bertz CT molecular complexity index is 517. The van der Waals surface area contributed by atoms with Gasteiger partial charge in [-0.15, -0.1) is 0 Å². The molecule has 0 spiro atoms. The second-order valence-electron chi connectivity index (χ2n) is 8.16. The number of nitrogens with zero attached hydrogens (tertiary/aromatic N) is 1. The number of rotatable bonds is 6. The molecule has 1 aliphatic carbocycles. The second kappa shape index (κ2) is 7.11. The van der Waals surface area contributed by atoms with Gasteiger partial charge >= 0.3 is 5.97 Å². The number of amides is 2. The Hall–Kier alpha value is -1.59. The molecule has 1 heterocycles. The van der Waals surface area contributed by atoms with E-state index in [-0.39, 0.29) is 36.1 Å². The molecule has 0 bridgehead atoms. The minimum Gasteiger partial charge on any atom is -0.481 e. The maximum atomic E-state index is 12.9. The highest BCUT2D eigenvalue weighted by molar-refractivity contribution is 5.89. The molecular weight excluding hydrogens is 308 g/mol. The van der Waals surface area contributed by atoms with E-state index in [1.165, 1.54) is 0 Å². The number of nitrogens with one attached hydrogen (secondary N) is 1. The van der Waals surface area contributed by atoms with Gasteiger partial charge in [-0.3, -0.25) is 14.4 Å². The lowest BCUT2D eigenvalue weighted by atomic mass is 9.81. The lowest BCUT2D eigenvalue weighted by molar-refractivity contribution is -0.150. The van der Waals surface area contributed by atoms with Crippen molar-refractivity contribution in [3.05, 3.63) is 0 Å². The molecule has 2 fully saturated rings. The van der Waals surface area contributed by atoms with Crippen LogP contribution in [-0.2, 0) is 14.4 Å². The normalized spacial score (nSPS) is 27.4. The van der Waals surface area contributed by atoms with E-state index in [1.54, 1.807) is 4.90 Å². The van der Waals surface area contributed by atoms with Crippen LogP contribution in [0.15, 0.2) is 0 Å². The summed E-state index contributed by atoms with van der Waals surface area (Å²) >= 11 is 0. The van der Waals surface area contributed by atoms with Gasteiger partial charge in [0.25, 0.3) is 0 Å². The predicted octanol–water partition coefficient (Wildman–Crippen LogP) is 1.89. The molecule has 2 rings (SSSR count). The number of fused-ring (bicyclic) bond motifs is 1. The third-order valence-electron chi connectivity index (χ3n) is 5.45. The van der Waals surface area contributed by atoms with Crippen molar-refractivity contribution < 1.29 is 19.5 Å². The van der Waals surface area contributed by atoms with Crippen LogP contribution >= 0.6 is 0 Å². The molecule has 6 heteroatoms. The molecule has 1 saturated heterocycles. The Morgan fingerprint density at radius 1 is 1.25 bits per heavy atom. The minimum atomic E-state index is -0.787. The first-order valence-electron chi connectivity index (χ1n) is 8.99. The fourth-order valence-electron chi connectivity index (χ4n) is 4.12. The van der Waals surface area contributed by atoms with Crippen molar-refractivity contribution in [1.82, 2.24) is 10.2 Å². The highest BCUT2D eigenvalue weighted by Gasteiger charge is 2.56. The van der Waals surface area contributed by atoms with Crippen LogP contribution in [0.2, 0.25) is 0 Å². The number of aliphatic carboxylic acids is 1. The Labute approximate surface area is 144 Å². The van der Waals surface area contributed by atoms with Crippen LogP contribution in [-0.4, -0.2) is 46.9 Å². The van der Waals surface area contributed by atoms with E-state index in [0.717, 1.165) is 12.8 Å². The zero-order valence-electron chi connectivity index (χ0n) is 15.2. The van der Waals surface area contributed by atoms with E-state index in [1.807, 2.05) is 27.7 Å². The van der Waals surface area contributed by atoms with Crippen molar-refractivity contribution >= 4 is 17.8 Å². The Kier molecular flexibility index (Phi) is 5.56. The van der Waals surface area contributed by atoms with E-state index in [0.29, 0.717) is 19.4 Å². The largest absolute Gasteiger partial charge is 0.481 e. The monoisotopic (exact) mass is 338 g/mol. The number of carbonyl (C=O) groups is 3. The Morgan fingerprint density at radius 3 is 2.42 bits per heavy atom. The van der Waals surface area contributed by atoms with Crippen LogP contribution < -0.4 is 5.32 Å². The SMILES string of the molecule is CC(C)CC(=O)NC(C(=O)N1C[C@@H]2CCC[C@@]2(C(=O)O)C1)C(C)C. The molecule has 1 unspecified atom stereocenters. The van der Waals surface area contributed by atoms with E-state index < -0.39 is 17.4 Å². The molecule has 1 aliphatic heterocycles. The summed E-state index contributed by atoms with van der Waals surface area (Å²) in [7, 11) is 0. The molecule has 3 atom stereocenters. The quantitative estimate of drug-likeness (QED) is 0.774. The molecule has 2 aliphatic rings. The second-order valence-corrected chi connectivity index (χ2v) is 8.16. The fraction of sp³-hybridized carbons (Fsp3) is 0.833. The molecule has 2 N–H and O–H groups in total. The summed E-state index contributed by atoms with van der Waals surface area (Å²) < 4.78 is 0. The third kappa shape index (κ3) is 3.57. The summed E-state index contributed by atoms with van der Waals surface area (Å²) in [6.07, 6.45) is 2.81. The first-order chi connectivity index (χ1) is 11.2. The lowest BCUT2D eigenvalue weighted by Gasteiger charge is -2.28. The molecular formula is C18H30N2O4. The molecule has 24 heavy (non-hydrogen) atoms. The van der Waals surface area contributed by atoms with Crippen LogP contribution in [0.25, 0.3) is 0 Å². The summed E-state index contributed by atoms with van der Waals surface area (Å²) in [5.41, 5.74) is -0.779. The van der Waals surface area contributed by atoms with Gasteiger partial charge in [-0.05, 0) is 30.6 Å². The molecule has 6 nitrogen and oxygen atoms in total. The zero-order valence-corrected chi connectivity index (χ0v) is 15.2. The Balaban J connectivity index is 2.08. The number of likely N-dealkylation sites (tertiary alicyclic amines) is 1. The molecule has 0 radical (unpaired) electrons. The van der Waals surface area contributed by atoms with Gasteiger partial charge in [0, 0.05) is 19.5 Å². The molecule has 0 aromatic rings. The maximum Gasteiger partial charge on any atom is 0.311 e. The first kappa shape index (κ1) is 18.7. The van der Waals surface area contributed by atoms with Gasteiger partial charge in [0.2, 0.25) is 11.8 Å². The van der Waals surface area contributed by atoms with E-state index >= 15 is 0 Å². The molecule has 0 aromatic heterocycles. The average Bonchev–Trinajstić information content (AvgIpc) is 3.00. The van der Waals surface area contributed by atoms with Crippen molar-refractivity contribution in [3.8, 4) is 0 Å². The predicted molar refractivity (Wildman–Crippen MR) is 90.2 cm³/mol. The molecule has 1 saturated carbocycles. The van der Waals surface area contributed by atoms with Crippen molar-refractivity contribution in [2.24, 2.45) is 23.2 Å². The molecule has 136 valence electrons. The molecule has 2 amide bonds. The number of carbonyl (C=O) groups excluding carboxylic acids is 2. The highest BCUT2D eigenvalue weighted by Crippen LogP contribution is 2.49. The van der Waals surface area contributed by atoms with Crippen molar-refractivity contribution in [1.29, 1.82) is 0 Å². The van der Waals surface area contributed by atoms with Crippen LogP contribution in [0.5, 0.6) is 0 Å². The smallest absolute Gasteiger partial charge is 0.311 e. The van der Waals surface area contributed by atoms with Gasteiger partial charge < -0.3 is 15.3 Å². The number of hydrogen-bond donors (Lipinski definition) is 2. The summed E-state index contributed by atoms with van der Waals surface area (Å²) in [6, 6.07) is -0.582. The van der Waals surface area contributed by atoms with Gasteiger partial charge in [0.15, 0.2) is 0 Å². The van der Waals surface area contributed by atoms with Crippen LogP contribution in [0, 0.1) is 23.2 Å². The lowest BCUT2D eigenvalue weighted by Crippen LogP contribution is -2.51. The van der Waals surface area contributed by atoms with Gasteiger partial charge in [-0.25, -0.2) is 0 Å². The zero-order chi connectivity index (χ0) is 18.1. The highest BCUT2D eigenvalue weighted by atomic mass is 16.4. The summed E-state index contributed by atoms with van der Waals surface area (Å²) in [5.74, 6) is -0.811. The van der Waals surface area contributed by atoms with Gasteiger partial charge in [0.1, 0.15) is 6.04 Å². The van der Waals surface area contributed by atoms with Crippen LogP contribution in [0.3, 0.4) is 0 Å². The maximum absolute atomic E-state index is 12.9. The average molecular weight is 338 g/mol. The van der Waals surface area contributed by atoms with E-state index in [4.69, 9.17) is 0 Å². The molecule has 0 aromatic carbocycles. The third-order valence-corrected chi connectivity index (χ3v) is 5.45. The first-order valence-corrected chi connectivity index (χ1v) is 8.99. The summed E-state index contributed by atoms with van der Waals surface area (Å²) in [4.78, 5) is 38.4. The number of hydrogen-bond acceptors (Lipinski definition) is 3. The van der Waals surface area contributed by atoms with Gasteiger partial charge in [0.05, 0.1) is 5.41 Å². The van der Waals surface area contributed by atoms with Crippen molar-refractivity contribution in [2.45, 2.75) is 59.4 Å². The fourth-order valence-corrected chi connectivity index (χ4v) is 4.12. The number of carboxylic acid groups (broad SMARTS) is 1. The van der Waals surface area contributed by atoms with E-state index in [9.17, 15) is 19.5 Å². The van der Waals surface area contributed by atoms with Gasteiger partial charge in [-0.2, -0.15) is 0 Å². The Morgan fingerprint density at radius 2 is 1.92 bits per heavy atom. The van der Waals surface area contributed by atoms with E-state index in [2.05, 4.69) is 5.32 Å². The topological polar surface area (TPSA) is 86.7 Å². The number of carboxylic acids is 1. The standard InChI is InChI=1S/C18H30N2O4/c1-11(2)8-14(21)19-15(12(3)4)16(22)20-9-13-6-5-7-18(13,10-20)17(23)24/h11-13,15H,5-10H2,1-4H3,(H,19,21)(H,23,24)/t13-,15?,18+/m0/s1. The van der Waals surface area contributed by atoms with Crippen molar-refractivity contribution in [2.75, 3.05) is 13.1 Å². The van der Waals surface area contributed by atoms with Crippen LogP contribution in [0.1, 0.15) is 53.4 Å². The van der Waals surface area contributed by atoms with Crippen molar-refractivity contribution in [3.63, 3.8) is 0 Å². The summed E-state index contributed by atoms with van der Waals surface area (Å²) in [5, 5.41) is 12.5. The van der Waals surface area contributed by atoms with Crippen LogP contribution in [0.4, 0.5) is 0 Å². The minimum absolute atomic E-state index is 0.0326. The van der Waals surface area contributed by atoms with Gasteiger partial charge in [-0.1, -0.05) is 34.1 Å².